The molecule has 106 valence electrons. The summed E-state index contributed by atoms with van der Waals surface area (Å²) < 4.78 is 0. The third-order valence-electron chi connectivity index (χ3n) is 3.77. The van der Waals surface area contributed by atoms with Gasteiger partial charge in [-0.15, -0.1) is 0 Å². The van der Waals surface area contributed by atoms with Crippen LogP contribution in [0.15, 0.2) is 18.2 Å². The van der Waals surface area contributed by atoms with Gasteiger partial charge in [-0.05, 0) is 25.0 Å². The summed E-state index contributed by atoms with van der Waals surface area (Å²) in [4.78, 5) is 25.7. The molecule has 2 heterocycles. The summed E-state index contributed by atoms with van der Waals surface area (Å²) in [5, 5.41) is 21.9. The molecular formula is C13H15N3O4. The van der Waals surface area contributed by atoms with Crippen molar-refractivity contribution in [1.29, 1.82) is 0 Å². The van der Waals surface area contributed by atoms with Crippen molar-refractivity contribution in [3.05, 3.63) is 29.3 Å². The number of hydrogen-bond donors (Lipinski definition) is 4. The van der Waals surface area contributed by atoms with Gasteiger partial charge in [0.15, 0.2) is 0 Å². The van der Waals surface area contributed by atoms with Crippen molar-refractivity contribution in [2.45, 2.75) is 31.3 Å². The second-order valence-corrected chi connectivity index (χ2v) is 5.02. The number of rotatable bonds is 1. The van der Waals surface area contributed by atoms with Crippen molar-refractivity contribution < 1.29 is 19.8 Å². The zero-order valence-corrected chi connectivity index (χ0v) is 10.6. The van der Waals surface area contributed by atoms with E-state index in [0.717, 1.165) is 4.90 Å². The van der Waals surface area contributed by atoms with Crippen molar-refractivity contribution in [3.8, 4) is 0 Å². The maximum Gasteiger partial charge on any atom is 0.264 e. The Hall–Kier alpha value is -1.96. The number of amides is 2. The largest absolute Gasteiger partial charge is 0.398 e. The summed E-state index contributed by atoms with van der Waals surface area (Å²) in [7, 11) is 0. The summed E-state index contributed by atoms with van der Waals surface area (Å²) in [6.45, 7) is 0. The van der Waals surface area contributed by atoms with Crippen LogP contribution in [0.1, 0.15) is 33.6 Å². The van der Waals surface area contributed by atoms with E-state index in [1.54, 1.807) is 18.2 Å². The second kappa shape index (κ2) is 4.55. The molecule has 0 spiro atoms. The average molecular weight is 277 g/mol. The van der Waals surface area contributed by atoms with Crippen LogP contribution < -0.4 is 11.1 Å². The minimum absolute atomic E-state index is 0.191. The van der Waals surface area contributed by atoms with Crippen LogP contribution in [0.2, 0.25) is 0 Å². The molecule has 0 radical (unpaired) electrons. The molecule has 3 atom stereocenters. The van der Waals surface area contributed by atoms with Crippen molar-refractivity contribution in [2.75, 3.05) is 5.73 Å². The first kappa shape index (κ1) is 13.0. The molecule has 7 nitrogen and oxygen atoms in total. The average Bonchev–Trinajstić information content (AvgIpc) is 2.64. The first-order valence-electron chi connectivity index (χ1n) is 6.39. The fourth-order valence-corrected chi connectivity index (χ4v) is 2.78. The third kappa shape index (κ3) is 1.79. The standard InChI is InChI=1S/C13H15N3O4/c14-7-3-1-2-6-10(7)13(20)16(12(6)19)8-4-5-9(17)15-11(8)18/h1-3,8-9,11,15,17-18H,4-5,14H2/t8-,9-,11-/m0/s1. The molecule has 1 aromatic rings. The van der Waals surface area contributed by atoms with Crippen LogP contribution in [0, 0.1) is 0 Å². The van der Waals surface area contributed by atoms with E-state index in [0.29, 0.717) is 12.8 Å². The lowest BCUT2D eigenvalue weighted by Crippen LogP contribution is -2.58. The number of nitrogens with zero attached hydrogens (tertiary/aromatic N) is 1. The van der Waals surface area contributed by atoms with E-state index in [2.05, 4.69) is 5.32 Å². The second-order valence-electron chi connectivity index (χ2n) is 5.02. The first-order valence-corrected chi connectivity index (χ1v) is 6.39. The number of nitrogens with two attached hydrogens (primary N) is 1. The maximum atomic E-state index is 12.4. The highest BCUT2D eigenvalue weighted by Crippen LogP contribution is 2.31. The molecule has 1 saturated heterocycles. The number of carbonyl (C=O) groups excluding carboxylic acids is 2. The van der Waals surface area contributed by atoms with Crippen LogP contribution in [0.5, 0.6) is 0 Å². The number of aliphatic hydroxyl groups excluding tert-OH is 2. The first-order chi connectivity index (χ1) is 9.50. The molecule has 0 aliphatic carbocycles. The zero-order valence-electron chi connectivity index (χ0n) is 10.6. The van der Waals surface area contributed by atoms with Crippen LogP contribution in [0.4, 0.5) is 5.69 Å². The highest BCUT2D eigenvalue weighted by atomic mass is 16.3. The number of imide groups is 1. The Morgan fingerprint density at radius 2 is 1.95 bits per heavy atom. The molecule has 0 unspecified atom stereocenters. The van der Waals surface area contributed by atoms with Gasteiger partial charge in [0.2, 0.25) is 0 Å². The smallest absolute Gasteiger partial charge is 0.264 e. The molecule has 0 bridgehead atoms. The number of aliphatic hydroxyl groups is 2. The number of hydrogen-bond acceptors (Lipinski definition) is 6. The van der Waals surface area contributed by atoms with Gasteiger partial charge in [-0.25, -0.2) is 0 Å². The maximum absolute atomic E-state index is 12.4. The SMILES string of the molecule is Nc1cccc2c1C(=O)N([C@H]1CC[C@H](O)N[C@H]1O)C2=O. The van der Waals surface area contributed by atoms with E-state index >= 15 is 0 Å². The Bertz CT molecular complexity index is 589. The van der Waals surface area contributed by atoms with E-state index in [1.807, 2.05) is 0 Å². The Balaban J connectivity index is 1.96. The Labute approximate surface area is 115 Å². The Kier molecular flexibility index (Phi) is 2.97. The third-order valence-corrected chi connectivity index (χ3v) is 3.77. The summed E-state index contributed by atoms with van der Waals surface area (Å²) in [5.41, 5.74) is 6.45. The highest BCUT2D eigenvalue weighted by Gasteiger charge is 2.45. The van der Waals surface area contributed by atoms with Gasteiger partial charge >= 0.3 is 0 Å². The van der Waals surface area contributed by atoms with Crippen molar-refractivity contribution in [1.82, 2.24) is 10.2 Å². The summed E-state index contributed by atoms with van der Waals surface area (Å²) in [6, 6.07) is 4.02. The van der Waals surface area contributed by atoms with Gasteiger partial charge in [-0.3, -0.25) is 19.8 Å². The number of benzene rings is 1. The summed E-state index contributed by atoms with van der Waals surface area (Å²) >= 11 is 0. The lowest BCUT2D eigenvalue weighted by Gasteiger charge is -2.36. The quantitative estimate of drug-likeness (QED) is 0.396. The van der Waals surface area contributed by atoms with Gasteiger partial charge in [0, 0.05) is 5.69 Å². The number of piperidine rings is 1. The minimum Gasteiger partial charge on any atom is -0.398 e. The molecule has 1 aromatic carbocycles. The van der Waals surface area contributed by atoms with Crippen LogP contribution in [-0.2, 0) is 0 Å². The van der Waals surface area contributed by atoms with Gasteiger partial charge in [0.25, 0.3) is 11.8 Å². The molecule has 5 N–H and O–H groups in total. The Morgan fingerprint density at radius 3 is 2.60 bits per heavy atom. The molecule has 2 amide bonds. The zero-order chi connectivity index (χ0) is 14.4. The van der Waals surface area contributed by atoms with Crippen LogP contribution in [-0.4, -0.2) is 45.4 Å². The molecule has 7 heteroatoms. The summed E-state index contributed by atoms with van der Waals surface area (Å²) in [6.07, 6.45) is -1.30. The van der Waals surface area contributed by atoms with Crippen molar-refractivity contribution >= 4 is 17.5 Å². The van der Waals surface area contributed by atoms with Gasteiger partial charge < -0.3 is 15.9 Å². The van der Waals surface area contributed by atoms with Crippen molar-refractivity contribution in [3.63, 3.8) is 0 Å². The highest BCUT2D eigenvalue weighted by molar-refractivity contribution is 6.23. The van der Waals surface area contributed by atoms with E-state index in [4.69, 9.17) is 5.73 Å². The number of nitrogens with one attached hydrogen (secondary N) is 1. The number of anilines is 1. The number of carbonyl (C=O) groups is 2. The fraction of sp³-hybridized carbons (Fsp3) is 0.385. The van der Waals surface area contributed by atoms with Gasteiger partial charge in [-0.2, -0.15) is 0 Å². The topological polar surface area (TPSA) is 116 Å². The molecule has 20 heavy (non-hydrogen) atoms. The van der Waals surface area contributed by atoms with Crippen molar-refractivity contribution in [2.24, 2.45) is 0 Å². The molecule has 0 aromatic heterocycles. The van der Waals surface area contributed by atoms with Gasteiger partial charge in [0.05, 0.1) is 17.2 Å². The number of nitrogen functional groups attached to an aromatic ring is 1. The summed E-state index contributed by atoms with van der Waals surface area (Å²) in [5.74, 6) is -0.954. The lowest BCUT2D eigenvalue weighted by molar-refractivity contribution is -0.0413. The normalized spacial score (nSPS) is 29.7. The minimum atomic E-state index is -1.15. The van der Waals surface area contributed by atoms with E-state index in [1.165, 1.54) is 0 Å². The Morgan fingerprint density at radius 1 is 1.20 bits per heavy atom. The predicted octanol–water partition coefficient (Wildman–Crippen LogP) is -0.746. The predicted molar refractivity (Wildman–Crippen MR) is 69.5 cm³/mol. The van der Waals surface area contributed by atoms with Crippen LogP contribution >= 0.6 is 0 Å². The molecule has 1 fully saturated rings. The molecule has 2 aliphatic heterocycles. The monoisotopic (exact) mass is 277 g/mol. The van der Waals surface area contributed by atoms with E-state index < -0.39 is 30.3 Å². The molecular weight excluding hydrogens is 262 g/mol. The fourth-order valence-electron chi connectivity index (χ4n) is 2.78. The van der Waals surface area contributed by atoms with Gasteiger partial charge in [0.1, 0.15) is 12.5 Å². The lowest BCUT2D eigenvalue weighted by atomic mass is 10.0. The van der Waals surface area contributed by atoms with Crippen LogP contribution in [0.3, 0.4) is 0 Å². The van der Waals surface area contributed by atoms with Gasteiger partial charge in [-0.1, -0.05) is 6.07 Å². The molecule has 0 saturated carbocycles. The van der Waals surface area contributed by atoms with Crippen LogP contribution in [0.25, 0.3) is 0 Å². The van der Waals surface area contributed by atoms with E-state index in [9.17, 15) is 19.8 Å². The molecule has 3 rings (SSSR count). The molecule has 2 aliphatic rings. The van der Waals surface area contributed by atoms with E-state index in [-0.39, 0.29) is 16.8 Å². The number of fused-ring (bicyclic) bond motifs is 1.